The van der Waals surface area contributed by atoms with Gasteiger partial charge in [0.25, 0.3) is 11.1 Å². The van der Waals surface area contributed by atoms with Gasteiger partial charge in [-0.1, -0.05) is 25.1 Å². The number of likely N-dealkylation sites (N-methyl/N-ethyl adjacent to an activating group) is 1. The second-order valence-electron chi connectivity index (χ2n) is 7.81. The van der Waals surface area contributed by atoms with Crippen molar-refractivity contribution in [2.45, 2.75) is 20.3 Å². The van der Waals surface area contributed by atoms with E-state index in [0.29, 0.717) is 28.8 Å². The number of piperazine rings is 1. The van der Waals surface area contributed by atoms with Crippen LogP contribution in [-0.4, -0.2) is 64.9 Å². The molecule has 1 aliphatic rings. The summed E-state index contributed by atoms with van der Waals surface area (Å²) in [5.41, 5.74) is 2.65. The van der Waals surface area contributed by atoms with Gasteiger partial charge >= 0.3 is 0 Å². The second-order valence-corrected chi connectivity index (χ2v) is 8.53. The number of ether oxygens (including phenoxy) is 2. The van der Waals surface area contributed by atoms with Crippen molar-refractivity contribution in [3.63, 3.8) is 0 Å². The van der Waals surface area contributed by atoms with Crippen LogP contribution in [0.1, 0.15) is 34.2 Å². The van der Waals surface area contributed by atoms with Gasteiger partial charge in [0.1, 0.15) is 11.5 Å². The van der Waals surface area contributed by atoms with E-state index in [1.165, 1.54) is 11.5 Å². The summed E-state index contributed by atoms with van der Waals surface area (Å²) >= 11 is 1.21. The van der Waals surface area contributed by atoms with Gasteiger partial charge in [0, 0.05) is 49.7 Å². The average molecular weight is 453 g/mol. The highest BCUT2D eigenvalue weighted by Crippen LogP contribution is 2.28. The molecule has 4 rings (SSSR count). The van der Waals surface area contributed by atoms with E-state index < -0.39 is 0 Å². The van der Waals surface area contributed by atoms with E-state index in [1.807, 2.05) is 54.3 Å². The number of amides is 1. The molecule has 0 aliphatic carbocycles. The van der Waals surface area contributed by atoms with Crippen LogP contribution in [0.3, 0.4) is 0 Å². The van der Waals surface area contributed by atoms with Gasteiger partial charge < -0.3 is 19.3 Å². The van der Waals surface area contributed by atoms with Gasteiger partial charge in [-0.3, -0.25) is 4.79 Å². The molecular weight excluding hydrogens is 424 g/mol. The first-order valence-corrected chi connectivity index (χ1v) is 11.6. The first-order valence-electron chi connectivity index (χ1n) is 10.8. The molecule has 1 aromatic heterocycles. The number of aryl methyl sites for hydroxylation is 1. The summed E-state index contributed by atoms with van der Waals surface area (Å²) < 4.78 is 15.7. The summed E-state index contributed by atoms with van der Waals surface area (Å²) in [7, 11) is 1.65. The van der Waals surface area contributed by atoms with Crippen LogP contribution in [0.4, 0.5) is 0 Å². The SMILES string of the molecule is CCN1CCN(C(=O)c2ccc(C)c(Oc3nc(Cc4cccc(OC)c4)ns3)c2)CC1. The smallest absolute Gasteiger partial charge is 0.298 e. The number of aromatic nitrogens is 2. The van der Waals surface area contributed by atoms with Gasteiger partial charge in [-0.2, -0.15) is 9.36 Å². The number of rotatable bonds is 7. The van der Waals surface area contributed by atoms with Gasteiger partial charge in [-0.05, 0) is 48.9 Å². The lowest BCUT2D eigenvalue weighted by Crippen LogP contribution is -2.48. The van der Waals surface area contributed by atoms with Gasteiger partial charge in [0.2, 0.25) is 0 Å². The first-order chi connectivity index (χ1) is 15.6. The Morgan fingerprint density at radius 1 is 1.12 bits per heavy atom. The predicted octanol–water partition coefficient (Wildman–Crippen LogP) is 4.02. The molecule has 0 N–H and O–H groups in total. The van der Waals surface area contributed by atoms with Crippen LogP contribution in [0.5, 0.6) is 16.7 Å². The molecule has 1 saturated heterocycles. The molecule has 0 atom stereocenters. The molecule has 0 saturated carbocycles. The van der Waals surface area contributed by atoms with E-state index in [0.717, 1.165) is 49.6 Å². The van der Waals surface area contributed by atoms with Crippen molar-refractivity contribution in [3.05, 3.63) is 65.0 Å². The second kappa shape index (κ2) is 10.1. The van der Waals surface area contributed by atoms with Crippen molar-refractivity contribution >= 4 is 17.4 Å². The first kappa shape index (κ1) is 22.2. The van der Waals surface area contributed by atoms with E-state index in [4.69, 9.17) is 9.47 Å². The lowest BCUT2D eigenvalue weighted by atomic mass is 10.1. The van der Waals surface area contributed by atoms with Crippen molar-refractivity contribution in [2.24, 2.45) is 0 Å². The molecule has 2 heterocycles. The summed E-state index contributed by atoms with van der Waals surface area (Å²) in [6.45, 7) is 8.46. The minimum absolute atomic E-state index is 0.0431. The fraction of sp³-hybridized carbons (Fsp3) is 0.375. The Morgan fingerprint density at radius 3 is 2.69 bits per heavy atom. The molecule has 0 bridgehead atoms. The molecule has 0 spiro atoms. The number of methoxy groups -OCH3 is 1. The van der Waals surface area contributed by atoms with Crippen LogP contribution in [0, 0.1) is 6.92 Å². The molecular formula is C24H28N4O3S. The predicted molar refractivity (Wildman–Crippen MR) is 125 cm³/mol. The topological polar surface area (TPSA) is 67.8 Å². The minimum Gasteiger partial charge on any atom is -0.497 e. The average Bonchev–Trinajstić information content (AvgIpc) is 3.26. The zero-order chi connectivity index (χ0) is 22.5. The van der Waals surface area contributed by atoms with Crippen LogP contribution in [0.2, 0.25) is 0 Å². The maximum Gasteiger partial charge on any atom is 0.298 e. The highest BCUT2D eigenvalue weighted by molar-refractivity contribution is 7.07. The Kier molecular flexibility index (Phi) is 7.02. The van der Waals surface area contributed by atoms with Crippen LogP contribution < -0.4 is 9.47 Å². The number of nitrogens with zero attached hydrogens (tertiary/aromatic N) is 4. The number of hydrogen-bond donors (Lipinski definition) is 0. The molecule has 1 amide bonds. The Hall–Kier alpha value is -2.97. The fourth-order valence-electron chi connectivity index (χ4n) is 3.70. The van der Waals surface area contributed by atoms with Crippen molar-refractivity contribution in [3.8, 4) is 16.7 Å². The number of hydrogen-bond acceptors (Lipinski definition) is 7. The van der Waals surface area contributed by atoms with Crippen LogP contribution in [-0.2, 0) is 6.42 Å². The number of carbonyl (C=O) groups excluding carboxylic acids is 1. The quantitative estimate of drug-likeness (QED) is 0.540. The van der Waals surface area contributed by atoms with E-state index in [-0.39, 0.29) is 5.91 Å². The fourth-order valence-corrected chi connectivity index (χ4v) is 4.27. The summed E-state index contributed by atoms with van der Waals surface area (Å²) in [6.07, 6.45) is 0.596. The third-order valence-electron chi connectivity index (χ3n) is 5.68. The van der Waals surface area contributed by atoms with Crippen LogP contribution in [0.25, 0.3) is 0 Å². The van der Waals surface area contributed by atoms with Crippen LogP contribution in [0.15, 0.2) is 42.5 Å². The maximum absolute atomic E-state index is 13.0. The van der Waals surface area contributed by atoms with Crippen LogP contribution >= 0.6 is 11.5 Å². The molecule has 0 unspecified atom stereocenters. The largest absolute Gasteiger partial charge is 0.497 e. The van der Waals surface area contributed by atoms with Crippen molar-refractivity contribution < 1.29 is 14.3 Å². The molecule has 0 radical (unpaired) electrons. The third kappa shape index (κ3) is 5.26. The van der Waals surface area contributed by atoms with Crippen molar-refractivity contribution in [1.82, 2.24) is 19.2 Å². The molecule has 32 heavy (non-hydrogen) atoms. The monoisotopic (exact) mass is 452 g/mol. The molecule has 1 fully saturated rings. The van der Waals surface area contributed by atoms with E-state index in [2.05, 4.69) is 21.2 Å². The summed E-state index contributed by atoms with van der Waals surface area (Å²) in [5, 5.41) is 0.465. The van der Waals surface area contributed by atoms with E-state index >= 15 is 0 Å². The number of benzene rings is 2. The third-order valence-corrected chi connectivity index (χ3v) is 6.32. The molecule has 8 heteroatoms. The van der Waals surface area contributed by atoms with Crippen molar-refractivity contribution in [1.29, 1.82) is 0 Å². The standard InChI is InChI=1S/C24H28N4O3S/c1-4-27-10-12-28(13-11-27)23(29)19-9-8-17(2)21(16-19)31-24-25-22(26-32-24)15-18-6-5-7-20(14-18)30-3/h5-9,14,16H,4,10-13,15H2,1-3H3. The minimum atomic E-state index is 0.0431. The molecule has 2 aromatic carbocycles. The number of carbonyl (C=O) groups is 1. The highest BCUT2D eigenvalue weighted by atomic mass is 32.1. The Bertz CT molecular complexity index is 1080. The molecule has 3 aromatic rings. The lowest BCUT2D eigenvalue weighted by Gasteiger charge is -2.34. The Morgan fingerprint density at radius 2 is 1.94 bits per heavy atom. The van der Waals surface area contributed by atoms with E-state index in [1.54, 1.807) is 7.11 Å². The van der Waals surface area contributed by atoms with E-state index in [9.17, 15) is 4.79 Å². The zero-order valence-corrected chi connectivity index (χ0v) is 19.5. The van der Waals surface area contributed by atoms with Gasteiger partial charge in [-0.25, -0.2) is 0 Å². The summed E-state index contributed by atoms with van der Waals surface area (Å²) in [6, 6.07) is 13.4. The summed E-state index contributed by atoms with van der Waals surface area (Å²) in [5.74, 6) is 2.17. The zero-order valence-electron chi connectivity index (χ0n) is 18.7. The lowest BCUT2D eigenvalue weighted by molar-refractivity contribution is 0.0643. The molecule has 7 nitrogen and oxygen atoms in total. The van der Waals surface area contributed by atoms with Gasteiger partial charge in [-0.15, -0.1) is 0 Å². The summed E-state index contributed by atoms with van der Waals surface area (Å²) in [4.78, 5) is 21.8. The molecule has 1 aliphatic heterocycles. The Labute approximate surface area is 192 Å². The normalized spacial score (nSPS) is 14.4. The van der Waals surface area contributed by atoms with Gasteiger partial charge in [0.15, 0.2) is 5.82 Å². The van der Waals surface area contributed by atoms with Gasteiger partial charge in [0.05, 0.1) is 7.11 Å². The highest BCUT2D eigenvalue weighted by Gasteiger charge is 2.22. The Balaban J connectivity index is 1.44. The van der Waals surface area contributed by atoms with Crippen molar-refractivity contribution in [2.75, 3.05) is 39.8 Å². The maximum atomic E-state index is 13.0. The molecule has 168 valence electrons.